The molecule has 1 aliphatic carbocycles. The molecule has 1 saturated carbocycles. The SMILES string of the molecule is Cn1cc(C(F)(F)F)nc1-c1ccc(Cc2cc[nH]c2)c(-c2c(OC(F)F)ncnc2C2CC2)c1. The van der Waals surface area contributed by atoms with Crippen LogP contribution in [0.3, 0.4) is 0 Å². The van der Waals surface area contributed by atoms with E-state index in [1.807, 2.05) is 12.3 Å². The normalized spacial score (nSPS) is 14.0. The van der Waals surface area contributed by atoms with Gasteiger partial charge in [-0.15, -0.1) is 0 Å². The molecule has 3 heterocycles. The van der Waals surface area contributed by atoms with Gasteiger partial charge in [-0.05, 0) is 48.1 Å². The minimum Gasteiger partial charge on any atom is -0.416 e. The van der Waals surface area contributed by atoms with E-state index in [0.717, 1.165) is 30.2 Å². The van der Waals surface area contributed by atoms with E-state index in [9.17, 15) is 22.0 Å². The maximum absolute atomic E-state index is 13.3. The minimum absolute atomic E-state index is 0.0711. The number of aryl methyl sites for hydroxylation is 1. The van der Waals surface area contributed by atoms with Crippen LogP contribution in [-0.2, 0) is 19.6 Å². The molecule has 0 amide bonds. The van der Waals surface area contributed by atoms with E-state index < -0.39 is 18.5 Å². The maximum Gasteiger partial charge on any atom is 0.434 e. The fourth-order valence-electron chi connectivity index (χ4n) is 4.14. The second-order valence-corrected chi connectivity index (χ2v) is 8.42. The molecule has 11 heteroatoms. The van der Waals surface area contributed by atoms with Gasteiger partial charge in [0, 0.05) is 37.1 Å². The van der Waals surface area contributed by atoms with Crippen LogP contribution < -0.4 is 4.74 Å². The average Bonchev–Trinajstić information content (AvgIpc) is 3.37. The third kappa shape index (κ3) is 4.75. The summed E-state index contributed by atoms with van der Waals surface area (Å²) >= 11 is 0. The van der Waals surface area contributed by atoms with Crippen molar-refractivity contribution in [3.63, 3.8) is 0 Å². The quantitative estimate of drug-likeness (QED) is 0.325. The van der Waals surface area contributed by atoms with Gasteiger partial charge in [0.05, 0.1) is 11.3 Å². The number of aromatic amines is 1. The van der Waals surface area contributed by atoms with Crippen LogP contribution in [0.2, 0.25) is 0 Å². The number of nitrogens with one attached hydrogen (secondary N) is 1. The zero-order valence-corrected chi connectivity index (χ0v) is 18.5. The number of nitrogens with zero attached hydrogens (tertiary/aromatic N) is 4. The number of ether oxygens (including phenoxy) is 1. The van der Waals surface area contributed by atoms with Crippen molar-refractivity contribution in [3.8, 4) is 28.4 Å². The lowest BCUT2D eigenvalue weighted by Crippen LogP contribution is -2.08. The highest BCUT2D eigenvalue weighted by atomic mass is 19.4. The van der Waals surface area contributed by atoms with Crippen LogP contribution in [0.15, 0.2) is 49.2 Å². The van der Waals surface area contributed by atoms with Gasteiger partial charge in [-0.25, -0.2) is 15.0 Å². The van der Waals surface area contributed by atoms with Crippen LogP contribution in [-0.4, -0.2) is 31.1 Å². The van der Waals surface area contributed by atoms with Crippen LogP contribution in [0.25, 0.3) is 22.5 Å². The molecular formula is C24H20F5N5O. The Morgan fingerprint density at radius 1 is 1.17 bits per heavy atom. The Labute approximate surface area is 196 Å². The van der Waals surface area contributed by atoms with Crippen LogP contribution in [0.1, 0.15) is 41.3 Å². The molecule has 0 unspecified atom stereocenters. The third-order valence-corrected chi connectivity index (χ3v) is 5.87. The highest BCUT2D eigenvalue weighted by Crippen LogP contribution is 2.47. The Kier molecular flexibility index (Phi) is 5.78. The van der Waals surface area contributed by atoms with Crippen molar-refractivity contribution in [2.45, 2.75) is 38.0 Å². The molecule has 0 radical (unpaired) electrons. The number of alkyl halides is 5. The number of hydrogen-bond donors (Lipinski definition) is 1. The Morgan fingerprint density at radius 3 is 2.60 bits per heavy atom. The highest BCUT2D eigenvalue weighted by molar-refractivity contribution is 5.79. The van der Waals surface area contributed by atoms with Crippen molar-refractivity contribution in [3.05, 3.63) is 71.7 Å². The molecule has 1 N–H and O–H groups in total. The molecule has 1 fully saturated rings. The zero-order valence-electron chi connectivity index (χ0n) is 18.5. The van der Waals surface area contributed by atoms with E-state index in [1.54, 1.807) is 24.4 Å². The molecule has 0 spiro atoms. The van der Waals surface area contributed by atoms with Gasteiger partial charge >= 0.3 is 12.8 Å². The van der Waals surface area contributed by atoms with Crippen molar-refractivity contribution >= 4 is 0 Å². The largest absolute Gasteiger partial charge is 0.434 e. The fourth-order valence-corrected chi connectivity index (χ4v) is 4.14. The van der Waals surface area contributed by atoms with Gasteiger partial charge in [-0.2, -0.15) is 22.0 Å². The number of H-pyrrole nitrogens is 1. The standard InChI is InChI=1S/C24H20F5N5O/c1-34-11-18(24(27,28)29)33-21(34)16-5-4-15(8-13-6-7-30-10-13)17(9-16)19-20(14-2-3-14)31-12-32-22(19)35-23(25)26/h4-7,9-12,14,23,30H,2-3,8H2,1H3. The van der Waals surface area contributed by atoms with Crippen LogP contribution >= 0.6 is 0 Å². The van der Waals surface area contributed by atoms with Gasteiger partial charge in [0.25, 0.3) is 0 Å². The lowest BCUT2D eigenvalue weighted by molar-refractivity contribution is -0.140. The Hall–Kier alpha value is -3.76. The second kappa shape index (κ2) is 8.79. The molecule has 1 aromatic carbocycles. The molecule has 0 aliphatic heterocycles. The highest BCUT2D eigenvalue weighted by Gasteiger charge is 2.35. The molecule has 6 nitrogen and oxygen atoms in total. The van der Waals surface area contributed by atoms with Crippen molar-refractivity contribution in [1.82, 2.24) is 24.5 Å². The monoisotopic (exact) mass is 489 g/mol. The molecule has 35 heavy (non-hydrogen) atoms. The summed E-state index contributed by atoms with van der Waals surface area (Å²) in [6.45, 7) is -3.10. The van der Waals surface area contributed by atoms with Gasteiger partial charge in [-0.1, -0.05) is 12.1 Å². The summed E-state index contributed by atoms with van der Waals surface area (Å²) in [4.78, 5) is 15.1. The van der Waals surface area contributed by atoms with Gasteiger partial charge in [-0.3, -0.25) is 0 Å². The first kappa shape index (κ1) is 23.0. The average molecular weight is 489 g/mol. The van der Waals surface area contributed by atoms with Gasteiger partial charge in [0.2, 0.25) is 5.88 Å². The van der Waals surface area contributed by atoms with E-state index in [2.05, 4.69) is 19.9 Å². The number of halogens is 5. The number of benzene rings is 1. The Bertz CT molecular complexity index is 1340. The van der Waals surface area contributed by atoms with Crippen LogP contribution in [0.4, 0.5) is 22.0 Å². The summed E-state index contributed by atoms with van der Waals surface area (Å²) in [5.74, 6) is -0.102. The molecule has 0 atom stereocenters. The minimum atomic E-state index is -4.60. The van der Waals surface area contributed by atoms with Crippen molar-refractivity contribution < 1.29 is 26.7 Å². The molecular weight excluding hydrogens is 469 g/mol. The summed E-state index contributed by atoms with van der Waals surface area (Å²) in [5.41, 5.74) is 2.50. The molecule has 4 aromatic rings. The van der Waals surface area contributed by atoms with Crippen molar-refractivity contribution in [2.24, 2.45) is 7.05 Å². The second-order valence-electron chi connectivity index (χ2n) is 8.42. The Balaban J connectivity index is 1.71. The lowest BCUT2D eigenvalue weighted by Gasteiger charge is -2.17. The third-order valence-electron chi connectivity index (χ3n) is 5.87. The predicted molar refractivity (Wildman–Crippen MR) is 117 cm³/mol. The number of rotatable bonds is 7. The fraction of sp³-hybridized carbons (Fsp3) is 0.292. The molecule has 0 saturated heterocycles. The summed E-state index contributed by atoms with van der Waals surface area (Å²) in [6.07, 6.45) is 3.22. The van der Waals surface area contributed by atoms with Crippen LogP contribution in [0.5, 0.6) is 5.88 Å². The smallest absolute Gasteiger partial charge is 0.416 e. The first-order chi connectivity index (χ1) is 16.7. The van der Waals surface area contributed by atoms with Crippen molar-refractivity contribution in [2.75, 3.05) is 0 Å². The van der Waals surface area contributed by atoms with Gasteiger partial charge in [0.15, 0.2) is 5.69 Å². The van der Waals surface area contributed by atoms with Crippen molar-refractivity contribution in [1.29, 1.82) is 0 Å². The van der Waals surface area contributed by atoms with E-state index in [1.165, 1.54) is 17.9 Å². The van der Waals surface area contributed by atoms with Gasteiger partial charge in [0.1, 0.15) is 12.2 Å². The van der Waals surface area contributed by atoms with E-state index in [0.29, 0.717) is 28.8 Å². The molecule has 182 valence electrons. The van der Waals surface area contributed by atoms with E-state index in [-0.39, 0.29) is 17.6 Å². The first-order valence-electron chi connectivity index (χ1n) is 10.9. The number of aromatic nitrogens is 5. The Morgan fingerprint density at radius 2 is 1.97 bits per heavy atom. The van der Waals surface area contributed by atoms with E-state index in [4.69, 9.17) is 4.74 Å². The maximum atomic E-state index is 13.3. The first-order valence-corrected chi connectivity index (χ1v) is 10.9. The summed E-state index contributed by atoms with van der Waals surface area (Å²) in [6, 6.07) is 6.96. The van der Waals surface area contributed by atoms with E-state index >= 15 is 0 Å². The predicted octanol–water partition coefficient (Wildman–Crippen LogP) is 5.96. The van der Waals surface area contributed by atoms with Crippen LogP contribution in [0, 0.1) is 0 Å². The zero-order chi connectivity index (χ0) is 24.7. The molecule has 5 rings (SSSR count). The number of hydrogen-bond acceptors (Lipinski definition) is 4. The lowest BCUT2D eigenvalue weighted by atomic mass is 9.92. The summed E-state index contributed by atoms with van der Waals surface area (Å²) < 4.78 is 72.4. The molecule has 3 aromatic heterocycles. The number of imidazole rings is 1. The molecule has 1 aliphatic rings. The van der Waals surface area contributed by atoms with Gasteiger partial charge < -0.3 is 14.3 Å². The summed E-state index contributed by atoms with van der Waals surface area (Å²) in [5, 5.41) is 0. The molecule has 0 bridgehead atoms. The summed E-state index contributed by atoms with van der Waals surface area (Å²) in [7, 11) is 1.47. The topological polar surface area (TPSA) is 68.6 Å².